The van der Waals surface area contributed by atoms with Crippen molar-refractivity contribution in [2.75, 3.05) is 11.9 Å². The van der Waals surface area contributed by atoms with Crippen LogP contribution >= 0.6 is 23.2 Å². The van der Waals surface area contributed by atoms with Gasteiger partial charge in [0.15, 0.2) is 5.75 Å². The molecule has 1 aliphatic heterocycles. The first kappa shape index (κ1) is 21.0. The molecule has 0 bridgehead atoms. The number of halogens is 3. The largest absolute Gasteiger partial charge is 0.491 e. The van der Waals surface area contributed by atoms with E-state index in [2.05, 4.69) is 16.0 Å². The van der Waals surface area contributed by atoms with Crippen LogP contribution in [0, 0.1) is 5.82 Å². The Balaban J connectivity index is 1.98. The average molecular weight is 438 g/mol. The van der Waals surface area contributed by atoms with Gasteiger partial charge in [0, 0.05) is 11.4 Å². The minimum absolute atomic E-state index is 0.262. The molecule has 0 fully saturated rings. The molecular formula is C20H18Cl2FN3O3. The number of carbonyl (C=O) groups excluding carboxylic acids is 2. The van der Waals surface area contributed by atoms with Crippen LogP contribution < -0.4 is 20.7 Å². The van der Waals surface area contributed by atoms with E-state index in [0.717, 1.165) is 0 Å². The summed E-state index contributed by atoms with van der Waals surface area (Å²) in [7, 11) is 0. The zero-order valence-corrected chi connectivity index (χ0v) is 17.1. The number of benzene rings is 2. The van der Waals surface area contributed by atoms with E-state index in [-0.39, 0.29) is 15.6 Å². The Hall–Kier alpha value is -2.77. The number of anilines is 1. The van der Waals surface area contributed by atoms with E-state index in [4.69, 9.17) is 27.9 Å². The first-order valence-electron chi connectivity index (χ1n) is 8.77. The summed E-state index contributed by atoms with van der Waals surface area (Å²) in [5, 5.41) is 8.52. The SMILES string of the molecule is CCOc1c(Cl)cc([C@@H]2NC(=O)NC(C)=C2C(=O)Nc2ccc(F)cc2)cc1Cl. The Labute approximate surface area is 177 Å². The predicted octanol–water partition coefficient (Wildman–Crippen LogP) is 4.80. The highest BCUT2D eigenvalue weighted by atomic mass is 35.5. The van der Waals surface area contributed by atoms with Crippen molar-refractivity contribution < 1.29 is 18.7 Å². The van der Waals surface area contributed by atoms with Crippen LogP contribution in [-0.4, -0.2) is 18.5 Å². The molecule has 0 aliphatic carbocycles. The summed E-state index contributed by atoms with van der Waals surface area (Å²) >= 11 is 12.6. The molecule has 0 saturated heterocycles. The van der Waals surface area contributed by atoms with Crippen LogP contribution in [0.1, 0.15) is 25.5 Å². The number of ether oxygens (including phenoxy) is 1. The van der Waals surface area contributed by atoms with E-state index in [1.807, 2.05) is 0 Å². The first-order valence-corrected chi connectivity index (χ1v) is 9.52. The lowest BCUT2D eigenvalue weighted by atomic mass is 9.94. The summed E-state index contributed by atoms with van der Waals surface area (Å²) in [6.07, 6.45) is 0. The highest BCUT2D eigenvalue weighted by molar-refractivity contribution is 6.37. The first-order chi connectivity index (χ1) is 13.8. The molecule has 152 valence electrons. The lowest BCUT2D eigenvalue weighted by Crippen LogP contribution is -2.46. The van der Waals surface area contributed by atoms with Gasteiger partial charge in [-0.05, 0) is 55.8 Å². The van der Waals surface area contributed by atoms with E-state index >= 15 is 0 Å². The summed E-state index contributed by atoms with van der Waals surface area (Å²) in [5.41, 5.74) is 1.57. The third kappa shape index (κ3) is 4.63. The molecule has 3 N–H and O–H groups in total. The summed E-state index contributed by atoms with van der Waals surface area (Å²) in [5.74, 6) is -0.549. The highest BCUT2D eigenvalue weighted by Gasteiger charge is 2.32. The molecule has 29 heavy (non-hydrogen) atoms. The Morgan fingerprint density at radius 1 is 1.21 bits per heavy atom. The molecule has 2 aromatic rings. The van der Waals surface area contributed by atoms with Crippen LogP contribution in [0.5, 0.6) is 5.75 Å². The maximum absolute atomic E-state index is 13.1. The molecule has 0 aromatic heterocycles. The maximum atomic E-state index is 13.1. The van der Waals surface area contributed by atoms with E-state index in [1.165, 1.54) is 24.3 Å². The Morgan fingerprint density at radius 3 is 2.41 bits per heavy atom. The standard InChI is InChI=1S/C20H18Cl2FN3O3/c1-3-29-18-14(21)8-11(9-15(18)22)17-16(10(2)24-20(28)26-17)19(27)25-13-6-4-12(23)5-7-13/h4-9,17H,3H2,1-2H3,(H,25,27)(H2,24,26,28)/t17-/m0/s1. The second-order valence-corrected chi connectivity index (χ2v) is 7.09. The minimum Gasteiger partial charge on any atom is -0.491 e. The van der Waals surface area contributed by atoms with E-state index < -0.39 is 23.8 Å². The van der Waals surface area contributed by atoms with Crippen molar-refractivity contribution in [3.05, 3.63) is 69.1 Å². The van der Waals surface area contributed by atoms with Crippen LogP contribution in [0.15, 0.2) is 47.7 Å². The topological polar surface area (TPSA) is 79.5 Å². The molecule has 0 radical (unpaired) electrons. The van der Waals surface area contributed by atoms with Crippen LogP contribution in [-0.2, 0) is 4.79 Å². The summed E-state index contributed by atoms with van der Waals surface area (Å²) in [4.78, 5) is 25.0. The van der Waals surface area contributed by atoms with Crippen LogP contribution in [0.4, 0.5) is 14.9 Å². The van der Waals surface area contributed by atoms with Crippen molar-refractivity contribution >= 4 is 40.8 Å². The maximum Gasteiger partial charge on any atom is 0.319 e. The molecular weight excluding hydrogens is 420 g/mol. The van der Waals surface area contributed by atoms with Crippen molar-refractivity contribution in [1.29, 1.82) is 0 Å². The van der Waals surface area contributed by atoms with Gasteiger partial charge in [0.05, 0.1) is 28.3 Å². The summed E-state index contributed by atoms with van der Waals surface area (Å²) in [6, 6.07) is 7.28. The quantitative estimate of drug-likeness (QED) is 0.628. The van der Waals surface area contributed by atoms with Gasteiger partial charge in [-0.3, -0.25) is 4.79 Å². The lowest BCUT2D eigenvalue weighted by molar-refractivity contribution is -0.113. The summed E-state index contributed by atoms with van der Waals surface area (Å²) in [6.45, 7) is 3.80. The fourth-order valence-electron chi connectivity index (χ4n) is 3.00. The fraction of sp³-hybridized carbons (Fsp3) is 0.200. The molecule has 2 aromatic carbocycles. The van der Waals surface area contributed by atoms with Crippen molar-refractivity contribution in [2.24, 2.45) is 0 Å². The molecule has 0 spiro atoms. The normalized spacial score (nSPS) is 16.2. The third-order valence-electron chi connectivity index (χ3n) is 4.26. The van der Waals surface area contributed by atoms with Gasteiger partial charge in [-0.25, -0.2) is 9.18 Å². The summed E-state index contributed by atoms with van der Waals surface area (Å²) < 4.78 is 18.5. The number of rotatable bonds is 5. The van der Waals surface area contributed by atoms with Gasteiger partial charge in [0.25, 0.3) is 5.91 Å². The molecule has 1 heterocycles. The molecule has 3 amide bonds. The third-order valence-corrected chi connectivity index (χ3v) is 4.82. The number of hydrogen-bond acceptors (Lipinski definition) is 3. The Kier molecular flexibility index (Phi) is 6.30. The van der Waals surface area contributed by atoms with E-state index in [1.54, 1.807) is 26.0 Å². The van der Waals surface area contributed by atoms with Gasteiger partial charge in [-0.2, -0.15) is 0 Å². The van der Waals surface area contributed by atoms with E-state index in [0.29, 0.717) is 29.3 Å². The number of hydrogen-bond donors (Lipinski definition) is 3. The molecule has 9 heteroatoms. The minimum atomic E-state index is -0.796. The number of carbonyl (C=O) groups is 2. The van der Waals surface area contributed by atoms with Crippen molar-refractivity contribution in [3.63, 3.8) is 0 Å². The Bertz CT molecular complexity index is 970. The average Bonchev–Trinajstić information content (AvgIpc) is 2.65. The molecule has 1 atom stereocenters. The van der Waals surface area contributed by atoms with Crippen LogP contribution in [0.25, 0.3) is 0 Å². The zero-order chi connectivity index (χ0) is 21.1. The highest BCUT2D eigenvalue weighted by Crippen LogP contribution is 2.38. The van der Waals surface area contributed by atoms with Crippen LogP contribution in [0.2, 0.25) is 10.0 Å². The second kappa shape index (κ2) is 8.71. The monoisotopic (exact) mass is 437 g/mol. The van der Waals surface area contributed by atoms with E-state index in [9.17, 15) is 14.0 Å². The Morgan fingerprint density at radius 2 is 1.83 bits per heavy atom. The van der Waals surface area contributed by atoms with Crippen LogP contribution in [0.3, 0.4) is 0 Å². The number of urea groups is 1. The second-order valence-electron chi connectivity index (χ2n) is 6.28. The molecule has 6 nitrogen and oxygen atoms in total. The van der Waals surface area contributed by atoms with Gasteiger partial charge in [-0.15, -0.1) is 0 Å². The van der Waals surface area contributed by atoms with Crippen molar-refractivity contribution in [2.45, 2.75) is 19.9 Å². The van der Waals surface area contributed by atoms with Crippen molar-refractivity contribution in [1.82, 2.24) is 10.6 Å². The molecule has 1 aliphatic rings. The number of nitrogens with one attached hydrogen (secondary N) is 3. The van der Waals surface area contributed by atoms with Gasteiger partial charge < -0.3 is 20.7 Å². The molecule has 0 saturated carbocycles. The fourth-order valence-corrected chi connectivity index (χ4v) is 3.62. The van der Waals surface area contributed by atoms with Crippen molar-refractivity contribution in [3.8, 4) is 5.75 Å². The van der Waals surface area contributed by atoms with Gasteiger partial charge in [-0.1, -0.05) is 23.2 Å². The van der Waals surface area contributed by atoms with Gasteiger partial charge in [0.2, 0.25) is 0 Å². The van der Waals surface area contributed by atoms with Gasteiger partial charge in [0.1, 0.15) is 5.82 Å². The zero-order valence-electron chi connectivity index (χ0n) is 15.6. The lowest BCUT2D eigenvalue weighted by Gasteiger charge is -2.29. The predicted molar refractivity (Wildman–Crippen MR) is 110 cm³/mol. The smallest absolute Gasteiger partial charge is 0.319 e. The number of amides is 3. The number of allylic oxidation sites excluding steroid dienone is 1. The molecule has 3 rings (SSSR count). The van der Waals surface area contributed by atoms with Gasteiger partial charge >= 0.3 is 6.03 Å². The molecule has 0 unspecified atom stereocenters.